The second kappa shape index (κ2) is 8.80. The van der Waals surface area contributed by atoms with Crippen molar-refractivity contribution >= 4 is 38.4 Å². The summed E-state index contributed by atoms with van der Waals surface area (Å²) in [5, 5.41) is 6.67. The lowest BCUT2D eigenvalue weighted by Gasteiger charge is -2.18. The number of rotatable bonds is 7. The van der Waals surface area contributed by atoms with Crippen LogP contribution >= 0.6 is 11.3 Å². The molecule has 3 aromatic heterocycles. The maximum absolute atomic E-state index is 12.7. The maximum atomic E-state index is 12.7. The molecule has 32 heavy (non-hydrogen) atoms. The molecule has 0 spiro atoms. The summed E-state index contributed by atoms with van der Waals surface area (Å²) in [6, 6.07) is 20.1. The molecule has 160 valence electrons. The monoisotopic (exact) mass is 442 g/mol. The molecule has 0 aliphatic carbocycles. The Morgan fingerprint density at radius 2 is 1.88 bits per heavy atom. The van der Waals surface area contributed by atoms with Crippen LogP contribution in [0.4, 0.5) is 0 Å². The van der Waals surface area contributed by atoms with Crippen molar-refractivity contribution in [2.24, 2.45) is 0 Å². The van der Waals surface area contributed by atoms with Crippen LogP contribution in [0, 0.1) is 0 Å². The van der Waals surface area contributed by atoms with E-state index in [2.05, 4.69) is 39.6 Å². The molecule has 1 unspecified atom stereocenters. The molecule has 6 nitrogen and oxygen atoms in total. The summed E-state index contributed by atoms with van der Waals surface area (Å²) < 4.78 is 1.50. The van der Waals surface area contributed by atoms with Crippen LogP contribution in [0.5, 0.6) is 0 Å². The lowest BCUT2D eigenvalue weighted by atomic mass is 9.91. The van der Waals surface area contributed by atoms with Crippen LogP contribution in [-0.4, -0.2) is 27.0 Å². The molecule has 0 fully saturated rings. The minimum Gasteiger partial charge on any atom is -0.361 e. The van der Waals surface area contributed by atoms with Crippen molar-refractivity contribution in [3.63, 3.8) is 0 Å². The molecule has 3 heterocycles. The largest absolute Gasteiger partial charge is 0.361 e. The Kier molecular flexibility index (Phi) is 5.56. The van der Waals surface area contributed by atoms with Crippen LogP contribution < -0.4 is 10.9 Å². The van der Waals surface area contributed by atoms with Crippen molar-refractivity contribution in [2.45, 2.75) is 18.9 Å². The number of benzene rings is 2. The molecule has 7 heteroatoms. The predicted molar refractivity (Wildman–Crippen MR) is 128 cm³/mol. The van der Waals surface area contributed by atoms with Gasteiger partial charge >= 0.3 is 0 Å². The van der Waals surface area contributed by atoms with Gasteiger partial charge in [0.05, 0.1) is 11.7 Å². The number of aromatic amines is 1. The van der Waals surface area contributed by atoms with E-state index in [-0.39, 0.29) is 23.8 Å². The van der Waals surface area contributed by atoms with Crippen LogP contribution in [0.1, 0.15) is 23.5 Å². The Morgan fingerprint density at radius 3 is 2.75 bits per heavy atom. The number of carbonyl (C=O) groups excluding carboxylic acids is 1. The number of hydrogen-bond donors (Lipinski definition) is 2. The Bertz CT molecular complexity index is 1430. The van der Waals surface area contributed by atoms with E-state index in [1.807, 2.05) is 41.9 Å². The summed E-state index contributed by atoms with van der Waals surface area (Å²) in [5.41, 5.74) is 3.26. The van der Waals surface area contributed by atoms with Crippen LogP contribution in [0.25, 0.3) is 21.1 Å². The minimum absolute atomic E-state index is 0.0165. The summed E-state index contributed by atoms with van der Waals surface area (Å²) >= 11 is 1.44. The van der Waals surface area contributed by atoms with Gasteiger partial charge in [0.25, 0.3) is 5.56 Å². The highest BCUT2D eigenvalue weighted by molar-refractivity contribution is 7.16. The Labute approximate surface area is 188 Å². The quantitative estimate of drug-likeness (QED) is 0.395. The molecule has 0 bridgehead atoms. The summed E-state index contributed by atoms with van der Waals surface area (Å²) in [4.78, 5) is 33.5. The van der Waals surface area contributed by atoms with E-state index < -0.39 is 0 Å². The smallest absolute Gasteiger partial charge is 0.262 e. The maximum Gasteiger partial charge on any atom is 0.262 e. The highest BCUT2D eigenvalue weighted by atomic mass is 32.1. The molecule has 0 aliphatic heterocycles. The number of H-pyrrole nitrogens is 1. The van der Waals surface area contributed by atoms with Crippen molar-refractivity contribution in [3.05, 3.63) is 100 Å². The fourth-order valence-electron chi connectivity index (χ4n) is 4.05. The Balaban J connectivity index is 1.31. The molecule has 2 N–H and O–H groups in total. The van der Waals surface area contributed by atoms with Crippen LogP contribution in [0.2, 0.25) is 0 Å². The number of hydrogen-bond acceptors (Lipinski definition) is 4. The zero-order valence-corrected chi connectivity index (χ0v) is 18.1. The molecule has 2 aromatic carbocycles. The Hall–Kier alpha value is -3.71. The van der Waals surface area contributed by atoms with Crippen molar-refractivity contribution < 1.29 is 4.79 Å². The first-order chi connectivity index (χ1) is 15.7. The lowest BCUT2D eigenvalue weighted by molar-refractivity contribution is -0.121. The fourth-order valence-corrected chi connectivity index (χ4v) is 4.78. The standard InChI is InChI=1S/C25H22N4O2S/c30-23(10-12-29-16-28-24-19(25(29)31)11-13-32-24)27-14-20(17-6-2-1-3-7-17)21-15-26-22-9-5-4-8-18(21)22/h1-9,11,13,15-16,20,26H,10,12,14H2,(H,27,30). The number of aromatic nitrogens is 3. The van der Waals surface area contributed by atoms with Crippen molar-refractivity contribution in [1.29, 1.82) is 0 Å². The molecule has 5 rings (SSSR count). The van der Waals surface area contributed by atoms with Gasteiger partial charge in [-0.2, -0.15) is 0 Å². The van der Waals surface area contributed by atoms with E-state index in [1.165, 1.54) is 22.2 Å². The van der Waals surface area contributed by atoms with Gasteiger partial charge in [-0.05, 0) is 28.6 Å². The van der Waals surface area contributed by atoms with Crippen LogP contribution in [0.15, 0.2) is 83.4 Å². The summed E-state index contributed by atoms with van der Waals surface area (Å²) in [6.45, 7) is 0.772. The topological polar surface area (TPSA) is 79.8 Å². The highest BCUT2D eigenvalue weighted by Gasteiger charge is 2.19. The van der Waals surface area contributed by atoms with E-state index >= 15 is 0 Å². The third-order valence-electron chi connectivity index (χ3n) is 5.73. The molecule has 5 aromatic rings. The van der Waals surface area contributed by atoms with Crippen LogP contribution in [-0.2, 0) is 11.3 Å². The van der Waals surface area contributed by atoms with Crippen molar-refractivity contribution in [2.75, 3.05) is 6.54 Å². The summed E-state index contributed by atoms with van der Waals surface area (Å²) in [6.07, 6.45) is 3.76. The first kappa shape index (κ1) is 20.2. The predicted octanol–water partition coefficient (Wildman–Crippen LogP) is 4.28. The number of carbonyl (C=O) groups is 1. The van der Waals surface area contributed by atoms with Crippen molar-refractivity contribution in [1.82, 2.24) is 19.9 Å². The van der Waals surface area contributed by atoms with Gasteiger partial charge < -0.3 is 10.3 Å². The minimum atomic E-state index is -0.106. The molecule has 0 saturated heterocycles. The van der Waals surface area contributed by atoms with Crippen LogP contribution in [0.3, 0.4) is 0 Å². The summed E-state index contributed by atoms with van der Waals surface area (Å²) in [7, 11) is 0. The third kappa shape index (κ3) is 3.94. The van der Waals surface area contributed by atoms with Gasteiger partial charge in [0.15, 0.2) is 0 Å². The van der Waals surface area contributed by atoms with E-state index in [9.17, 15) is 9.59 Å². The van der Waals surface area contributed by atoms with Gasteiger partial charge in [-0.15, -0.1) is 11.3 Å². The third-order valence-corrected chi connectivity index (χ3v) is 6.55. The number of nitrogens with zero attached hydrogens (tertiary/aromatic N) is 2. The first-order valence-electron chi connectivity index (χ1n) is 10.5. The Morgan fingerprint density at radius 1 is 1.06 bits per heavy atom. The summed E-state index contributed by atoms with van der Waals surface area (Å²) in [5.74, 6) is -0.0778. The number of aryl methyl sites for hydroxylation is 1. The number of fused-ring (bicyclic) bond motifs is 2. The number of nitrogens with one attached hydrogen (secondary N) is 2. The zero-order valence-electron chi connectivity index (χ0n) is 17.3. The molecular formula is C25H22N4O2S. The molecular weight excluding hydrogens is 420 g/mol. The van der Waals surface area contributed by atoms with Crippen molar-refractivity contribution in [3.8, 4) is 0 Å². The second-order valence-corrected chi connectivity index (χ2v) is 8.58. The second-order valence-electron chi connectivity index (χ2n) is 7.69. The van der Waals surface area contributed by atoms with E-state index in [0.717, 1.165) is 26.9 Å². The van der Waals surface area contributed by atoms with Gasteiger partial charge in [-0.3, -0.25) is 14.2 Å². The van der Waals surface area contributed by atoms with E-state index in [4.69, 9.17) is 0 Å². The fraction of sp³-hybridized carbons (Fsp3) is 0.160. The van der Waals surface area contributed by atoms with Gasteiger partial charge in [0.1, 0.15) is 4.83 Å². The normalized spacial score (nSPS) is 12.2. The van der Waals surface area contributed by atoms with Gasteiger partial charge in [-0.25, -0.2) is 4.98 Å². The molecule has 0 saturated carbocycles. The average Bonchev–Trinajstić information content (AvgIpc) is 3.48. The van der Waals surface area contributed by atoms with Gasteiger partial charge in [0, 0.05) is 42.5 Å². The molecule has 1 atom stereocenters. The zero-order chi connectivity index (χ0) is 21.9. The molecule has 1 amide bonds. The first-order valence-corrected chi connectivity index (χ1v) is 11.4. The van der Waals surface area contributed by atoms with E-state index in [1.54, 1.807) is 6.07 Å². The number of amides is 1. The van der Waals surface area contributed by atoms with Gasteiger partial charge in [-0.1, -0.05) is 48.5 Å². The van der Waals surface area contributed by atoms with E-state index in [0.29, 0.717) is 18.5 Å². The number of thiophene rings is 1. The average molecular weight is 443 g/mol. The molecule has 0 aliphatic rings. The highest BCUT2D eigenvalue weighted by Crippen LogP contribution is 2.30. The lowest BCUT2D eigenvalue weighted by Crippen LogP contribution is -2.31. The van der Waals surface area contributed by atoms with Gasteiger partial charge in [0.2, 0.25) is 5.91 Å². The SMILES string of the molecule is O=C(CCn1cnc2sccc2c1=O)NCC(c1ccccc1)c1c[nH]c2ccccc12. The molecule has 0 radical (unpaired) electrons. The number of para-hydroxylation sites is 1.